The monoisotopic (exact) mass is 306 g/mol. The van der Waals surface area contributed by atoms with Crippen LogP contribution in [0.2, 0.25) is 0 Å². The van der Waals surface area contributed by atoms with Crippen LogP contribution in [0.1, 0.15) is 28.9 Å². The molecule has 2 aromatic rings. The Morgan fingerprint density at radius 3 is 2.76 bits per heavy atom. The summed E-state index contributed by atoms with van der Waals surface area (Å²) in [6.07, 6.45) is 1.22. The molecule has 0 atom stereocenters. The maximum Gasteiger partial charge on any atom is 0.347 e. The van der Waals surface area contributed by atoms with Crippen LogP contribution in [0.15, 0.2) is 21.6 Å². The largest absolute Gasteiger partial charge is 0.481 e. The molecule has 0 unspecified atom stereocenters. The first kappa shape index (κ1) is 15.4. The molecule has 6 heteroatoms. The minimum absolute atomic E-state index is 0.0477. The second-order valence-corrected chi connectivity index (χ2v) is 5.75. The van der Waals surface area contributed by atoms with Crippen molar-refractivity contribution in [2.45, 2.75) is 39.7 Å². The number of hydrogen-bond donors (Lipinski definition) is 1. The Kier molecular flexibility index (Phi) is 4.90. The molecular formula is C15H18N2O3S. The van der Waals surface area contributed by atoms with Crippen LogP contribution in [0.25, 0.3) is 0 Å². The summed E-state index contributed by atoms with van der Waals surface area (Å²) < 4.78 is 1.64. The van der Waals surface area contributed by atoms with Crippen molar-refractivity contribution in [2.75, 3.05) is 0 Å². The van der Waals surface area contributed by atoms with Crippen molar-refractivity contribution in [3.63, 3.8) is 0 Å². The van der Waals surface area contributed by atoms with Crippen LogP contribution < -0.4 is 5.69 Å². The number of thiophene rings is 1. The Hall–Kier alpha value is -1.95. The highest BCUT2D eigenvalue weighted by Crippen LogP contribution is 2.13. The minimum Gasteiger partial charge on any atom is -0.481 e. The SMILES string of the molecule is Cc1nc(=O)n(CCc2ccsc2)c(C)c1CCC(=O)O. The quantitative estimate of drug-likeness (QED) is 0.888. The maximum atomic E-state index is 12.0. The van der Waals surface area contributed by atoms with E-state index in [0.29, 0.717) is 18.7 Å². The fraction of sp³-hybridized carbons (Fsp3) is 0.400. The van der Waals surface area contributed by atoms with Crippen LogP contribution in [0.5, 0.6) is 0 Å². The van der Waals surface area contributed by atoms with Crippen molar-refractivity contribution in [3.8, 4) is 0 Å². The number of carboxylic acid groups (broad SMARTS) is 1. The second kappa shape index (κ2) is 6.67. The number of aliphatic carboxylic acids is 1. The molecule has 21 heavy (non-hydrogen) atoms. The lowest BCUT2D eigenvalue weighted by Crippen LogP contribution is -2.28. The van der Waals surface area contributed by atoms with E-state index in [1.165, 1.54) is 5.56 Å². The third-order valence-corrected chi connectivity index (χ3v) is 4.30. The highest BCUT2D eigenvalue weighted by Gasteiger charge is 2.12. The Labute approximate surface area is 126 Å². The van der Waals surface area contributed by atoms with E-state index in [9.17, 15) is 9.59 Å². The van der Waals surface area contributed by atoms with Crippen LogP contribution in [0.3, 0.4) is 0 Å². The van der Waals surface area contributed by atoms with Gasteiger partial charge in [0.2, 0.25) is 0 Å². The van der Waals surface area contributed by atoms with Gasteiger partial charge in [0.25, 0.3) is 0 Å². The van der Waals surface area contributed by atoms with Crippen molar-refractivity contribution >= 4 is 17.3 Å². The number of nitrogens with zero attached hydrogens (tertiary/aromatic N) is 2. The van der Waals surface area contributed by atoms with Crippen molar-refractivity contribution < 1.29 is 9.90 Å². The first-order chi connectivity index (χ1) is 9.99. The molecule has 0 fully saturated rings. The van der Waals surface area contributed by atoms with Crippen molar-refractivity contribution in [1.29, 1.82) is 0 Å². The maximum absolute atomic E-state index is 12.0. The molecule has 1 N–H and O–H groups in total. The van der Waals surface area contributed by atoms with E-state index >= 15 is 0 Å². The average molecular weight is 306 g/mol. The molecule has 5 nitrogen and oxygen atoms in total. The summed E-state index contributed by atoms with van der Waals surface area (Å²) in [5, 5.41) is 12.9. The van der Waals surface area contributed by atoms with Crippen LogP contribution in [0, 0.1) is 13.8 Å². The zero-order chi connectivity index (χ0) is 15.4. The number of carbonyl (C=O) groups is 1. The van der Waals surface area contributed by atoms with Gasteiger partial charge in [-0.05, 0) is 54.6 Å². The molecule has 0 aliphatic heterocycles. The number of hydrogen-bond acceptors (Lipinski definition) is 4. The van der Waals surface area contributed by atoms with Gasteiger partial charge in [0, 0.05) is 24.4 Å². The molecule has 0 bridgehead atoms. The molecule has 112 valence electrons. The third kappa shape index (κ3) is 3.78. The van der Waals surface area contributed by atoms with Gasteiger partial charge < -0.3 is 5.11 Å². The van der Waals surface area contributed by atoms with Gasteiger partial charge in [0.05, 0.1) is 0 Å². The lowest BCUT2D eigenvalue weighted by molar-refractivity contribution is -0.136. The van der Waals surface area contributed by atoms with Gasteiger partial charge in [-0.15, -0.1) is 0 Å². The van der Waals surface area contributed by atoms with Crippen LogP contribution >= 0.6 is 11.3 Å². The summed E-state index contributed by atoms with van der Waals surface area (Å²) in [5.74, 6) is -0.843. The van der Waals surface area contributed by atoms with Crippen LogP contribution in [-0.4, -0.2) is 20.6 Å². The van der Waals surface area contributed by atoms with E-state index in [0.717, 1.165) is 17.7 Å². The van der Waals surface area contributed by atoms with E-state index in [4.69, 9.17) is 5.11 Å². The molecule has 0 aromatic carbocycles. The highest BCUT2D eigenvalue weighted by atomic mass is 32.1. The van der Waals surface area contributed by atoms with E-state index in [2.05, 4.69) is 10.4 Å². The molecule has 2 heterocycles. The normalized spacial score (nSPS) is 10.8. The Balaban J connectivity index is 2.25. The molecule has 0 saturated heterocycles. The zero-order valence-corrected chi connectivity index (χ0v) is 12.9. The smallest absolute Gasteiger partial charge is 0.347 e. The van der Waals surface area contributed by atoms with Crippen molar-refractivity contribution in [2.24, 2.45) is 0 Å². The number of rotatable bonds is 6. The van der Waals surface area contributed by atoms with E-state index in [1.807, 2.05) is 18.4 Å². The molecule has 0 amide bonds. The summed E-state index contributed by atoms with van der Waals surface area (Å²) in [4.78, 5) is 26.8. The minimum atomic E-state index is -0.843. The zero-order valence-electron chi connectivity index (χ0n) is 12.1. The molecule has 2 rings (SSSR count). The Morgan fingerprint density at radius 2 is 2.14 bits per heavy atom. The third-order valence-electron chi connectivity index (χ3n) is 3.57. The van der Waals surface area contributed by atoms with Gasteiger partial charge in [0.15, 0.2) is 0 Å². The summed E-state index contributed by atoms with van der Waals surface area (Å²) in [5.41, 5.74) is 3.25. The molecular weight excluding hydrogens is 288 g/mol. The molecule has 2 aromatic heterocycles. The number of aryl methyl sites for hydroxylation is 2. The Morgan fingerprint density at radius 1 is 1.38 bits per heavy atom. The predicted molar refractivity (Wildman–Crippen MR) is 82.0 cm³/mol. The van der Waals surface area contributed by atoms with Gasteiger partial charge >= 0.3 is 11.7 Å². The topological polar surface area (TPSA) is 72.2 Å². The number of aromatic nitrogens is 2. The van der Waals surface area contributed by atoms with Crippen LogP contribution in [-0.2, 0) is 24.2 Å². The lowest BCUT2D eigenvalue weighted by Gasteiger charge is -2.14. The summed E-state index contributed by atoms with van der Waals surface area (Å²) >= 11 is 1.63. The fourth-order valence-electron chi connectivity index (χ4n) is 2.37. The first-order valence-electron chi connectivity index (χ1n) is 6.79. The van der Waals surface area contributed by atoms with Gasteiger partial charge in [-0.2, -0.15) is 16.3 Å². The predicted octanol–water partition coefficient (Wildman–Crippen LogP) is 2.18. The van der Waals surface area contributed by atoms with Gasteiger partial charge in [-0.1, -0.05) is 0 Å². The van der Waals surface area contributed by atoms with Gasteiger partial charge in [-0.25, -0.2) is 4.79 Å². The summed E-state index contributed by atoms with van der Waals surface area (Å²) in [6.45, 7) is 4.18. The second-order valence-electron chi connectivity index (χ2n) is 4.97. The molecule has 0 aliphatic carbocycles. The average Bonchev–Trinajstić information content (AvgIpc) is 2.90. The van der Waals surface area contributed by atoms with E-state index in [-0.39, 0.29) is 12.1 Å². The van der Waals surface area contributed by atoms with E-state index < -0.39 is 5.97 Å². The lowest BCUT2D eigenvalue weighted by atomic mass is 10.1. The van der Waals surface area contributed by atoms with Crippen molar-refractivity contribution in [1.82, 2.24) is 9.55 Å². The number of carboxylic acids is 1. The van der Waals surface area contributed by atoms with Gasteiger partial charge in [0.1, 0.15) is 0 Å². The highest BCUT2D eigenvalue weighted by molar-refractivity contribution is 7.07. The first-order valence-corrected chi connectivity index (χ1v) is 7.73. The van der Waals surface area contributed by atoms with E-state index in [1.54, 1.807) is 22.8 Å². The molecule has 0 saturated carbocycles. The molecule has 0 aliphatic rings. The molecule has 0 spiro atoms. The molecule has 0 radical (unpaired) electrons. The van der Waals surface area contributed by atoms with Gasteiger partial charge in [-0.3, -0.25) is 9.36 Å². The summed E-state index contributed by atoms with van der Waals surface area (Å²) in [7, 11) is 0. The Bertz CT molecular complexity index is 690. The van der Waals surface area contributed by atoms with Crippen LogP contribution in [0.4, 0.5) is 0 Å². The fourth-order valence-corrected chi connectivity index (χ4v) is 3.08. The van der Waals surface area contributed by atoms with Crippen molar-refractivity contribution in [3.05, 3.63) is 49.8 Å². The summed E-state index contributed by atoms with van der Waals surface area (Å²) in [6, 6.07) is 2.04. The standard InChI is InChI=1S/C15H18N2O3S/c1-10-13(3-4-14(18)19)11(2)17(15(20)16-10)7-5-12-6-8-21-9-12/h6,8-9H,3-5,7H2,1-2H3,(H,18,19).